The number of amides is 3. The molecule has 0 aliphatic rings. The Morgan fingerprint density at radius 2 is 1.66 bits per heavy atom. The Hall–Kier alpha value is -4.76. The number of hydrogen-bond donors (Lipinski definition) is 4. The zero-order valence-electron chi connectivity index (χ0n) is 19.2. The van der Waals surface area contributed by atoms with Gasteiger partial charge >= 0.3 is 24.4 Å². The van der Waals surface area contributed by atoms with Gasteiger partial charge in [0.2, 0.25) is 0 Å². The molecule has 1 heterocycles. The van der Waals surface area contributed by atoms with E-state index in [1.165, 1.54) is 37.3 Å². The molecule has 202 valence electrons. The number of urea groups is 1. The minimum atomic E-state index is -5.30. The van der Waals surface area contributed by atoms with Gasteiger partial charge in [0, 0.05) is 17.9 Å². The first-order valence-electron chi connectivity index (χ1n) is 10.4. The summed E-state index contributed by atoms with van der Waals surface area (Å²) in [6.07, 6.45) is -9.09. The zero-order valence-corrected chi connectivity index (χ0v) is 19.2. The molecule has 16 heteroatoms. The molecule has 0 aliphatic heterocycles. The SMILES string of the molecule is Cc1ccc(NC(=O)Nc2cccc(CNc3cn(OC(=O)C(F)(F)F)nc3C(N)=O)c2)cc1C(F)(F)F. The number of carbonyl (C=O) groups is 3. The predicted molar refractivity (Wildman–Crippen MR) is 121 cm³/mol. The molecule has 3 amide bonds. The van der Waals surface area contributed by atoms with E-state index in [0.29, 0.717) is 5.56 Å². The summed E-state index contributed by atoms with van der Waals surface area (Å²) in [6.45, 7) is 1.24. The Morgan fingerprint density at radius 3 is 2.26 bits per heavy atom. The summed E-state index contributed by atoms with van der Waals surface area (Å²) in [5, 5.41) is 10.9. The molecule has 0 aliphatic carbocycles. The Morgan fingerprint density at radius 1 is 1.00 bits per heavy atom. The van der Waals surface area contributed by atoms with Gasteiger partial charge in [-0.2, -0.15) is 26.3 Å². The number of nitrogens with one attached hydrogen (secondary N) is 3. The van der Waals surface area contributed by atoms with Crippen LogP contribution in [0.5, 0.6) is 0 Å². The maximum atomic E-state index is 13.1. The van der Waals surface area contributed by atoms with Gasteiger partial charge in [-0.25, -0.2) is 9.59 Å². The smallest absolute Gasteiger partial charge is 0.378 e. The van der Waals surface area contributed by atoms with Crippen molar-refractivity contribution in [2.45, 2.75) is 25.8 Å². The van der Waals surface area contributed by atoms with Gasteiger partial charge in [0.1, 0.15) is 0 Å². The van der Waals surface area contributed by atoms with E-state index < -0.39 is 41.5 Å². The highest BCUT2D eigenvalue weighted by molar-refractivity contribution is 6.00. The summed E-state index contributed by atoms with van der Waals surface area (Å²) in [4.78, 5) is 39.0. The molecule has 3 rings (SSSR count). The lowest BCUT2D eigenvalue weighted by Gasteiger charge is -2.13. The first kappa shape index (κ1) is 27.8. The van der Waals surface area contributed by atoms with E-state index >= 15 is 0 Å². The van der Waals surface area contributed by atoms with E-state index in [2.05, 4.69) is 25.9 Å². The third-order valence-electron chi connectivity index (χ3n) is 4.80. The van der Waals surface area contributed by atoms with Crippen molar-refractivity contribution in [1.82, 2.24) is 9.94 Å². The number of rotatable bonds is 7. The average molecular weight is 544 g/mol. The summed E-state index contributed by atoms with van der Waals surface area (Å²) < 4.78 is 76.5. The van der Waals surface area contributed by atoms with Gasteiger partial charge in [-0.3, -0.25) is 4.79 Å². The molecule has 0 saturated heterocycles. The topological polar surface area (TPSA) is 140 Å². The van der Waals surface area contributed by atoms with Crippen LogP contribution in [0.25, 0.3) is 0 Å². The molecule has 0 unspecified atom stereocenters. The second kappa shape index (κ2) is 10.7. The minimum Gasteiger partial charge on any atom is -0.378 e. The van der Waals surface area contributed by atoms with Crippen molar-refractivity contribution in [3.05, 3.63) is 71.0 Å². The molecule has 5 N–H and O–H groups in total. The quantitative estimate of drug-likeness (QED) is 0.331. The number of primary amides is 1. The third-order valence-corrected chi connectivity index (χ3v) is 4.80. The predicted octanol–water partition coefficient (Wildman–Crippen LogP) is 4.08. The van der Waals surface area contributed by atoms with E-state index in [1.54, 1.807) is 6.07 Å². The third kappa shape index (κ3) is 7.14. The molecule has 10 nitrogen and oxygen atoms in total. The number of carbonyl (C=O) groups excluding carboxylic acids is 3. The highest BCUT2D eigenvalue weighted by atomic mass is 19.4. The monoisotopic (exact) mass is 544 g/mol. The number of alkyl halides is 6. The molecular formula is C22H18F6N6O4. The molecule has 0 saturated carbocycles. The fourth-order valence-corrected chi connectivity index (χ4v) is 3.10. The maximum Gasteiger partial charge on any atom is 0.493 e. The molecule has 0 fully saturated rings. The number of aryl methyl sites for hydroxylation is 1. The van der Waals surface area contributed by atoms with E-state index in [4.69, 9.17) is 5.73 Å². The molecule has 0 bridgehead atoms. The van der Waals surface area contributed by atoms with Gasteiger partial charge in [-0.15, -0.1) is 5.10 Å². The summed E-state index contributed by atoms with van der Waals surface area (Å²) in [5.41, 5.74) is 4.26. The van der Waals surface area contributed by atoms with E-state index in [0.717, 1.165) is 12.3 Å². The van der Waals surface area contributed by atoms with Crippen LogP contribution >= 0.6 is 0 Å². The first-order chi connectivity index (χ1) is 17.6. The molecule has 1 aromatic heterocycles. The average Bonchev–Trinajstić information content (AvgIpc) is 3.21. The van der Waals surface area contributed by atoms with Crippen LogP contribution in [0.4, 0.5) is 48.2 Å². The second-order valence-electron chi connectivity index (χ2n) is 7.70. The zero-order chi connectivity index (χ0) is 28.3. The van der Waals surface area contributed by atoms with Gasteiger partial charge in [-0.1, -0.05) is 23.0 Å². The lowest BCUT2D eigenvalue weighted by molar-refractivity contribution is -0.201. The van der Waals surface area contributed by atoms with E-state index in [9.17, 15) is 40.7 Å². The lowest BCUT2D eigenvalue weighted by atomic mass is 10.1. The molecule has 2 aromatic carbocycles. The lowest BCUT2D eigenvalue weighted by Crippen LogP contribution is -2.33. The van der Waals surface area contributed by atoms with Crippen molar-refractivity contribution in [3.8, 4) is 0 Å². The van der Waals surface area contributed by atoms with Gasteiger partial charge in [-0.05, 0) is 42.3 Å². The van der Waals surface area contributed by atoms with Crippen LogP contribution in [0.1, 0.15) is 27.2 Å². The highest BCUT2D eigenvalue weighted by Gasteiger charge is 2.42. The van der Waals surface area contributed by atoms with Gasteiger partial charge in [0.05, 0.1) is 17.4 Å². The van der Waals surface area contributed by atoms with Crippen LogP contribution in [-0.4, -0.2) is 34.0 Å². The van der Waals surface area contributed by atoms with Crippen LogP contribution in [0.2, 0.25) is 0 Å². The van der Waals surface area contributed by atoms with Crippen molar-refractivity contribution in [2.75, 3.05) is 16.0 Å². The van der Waals surface area contributed by atoms with Crippen molar-refractivity contribution in [2.24, 2.45) is 5.73 Å². The molecular weight excluding hydrogens is 526 g/mol. The highest BCUT2D eigenvalue weighted by Crippen LogP contribution is 2.33. The number of nitrogens with two attached hydrogens (primary N) is 1. The van der Waals surface area contributed by atoms with E-state index in [-0.39, 0.29) is 34.0 Å². The summed E-state index contributed by atoms with van der Waals surface area (Å²) >= 11 is 0. The van der Waals surface area contributed by atoms with Crippen LogP contribution in [0, 0.1) is 6.92 Å². The minimum absolute atomic E-state index is 0.00721. The van der Waals surface area contributed by atoms with Crippen LogP contribution in [0.15, 0.2) is 48.7 Å². The number of halogens is 6. The summed E-state index contributed by atoms with van der Waals surface area (Å²) in [5.74, 6) is -3.69. The van der Waals surface area contributed by atoms with Gasteiger partial charge in [0.15, 0.2) is 5.69 Å². The molecule has 38 heavy (non-hydrogen) atoms. The number of aromatic nitrogens is 2. The Labute approximate surface area is 209 Å². The van der Waals surface area contributed by atoms with Gasteiger partial charge < -0.3 is 26.5 Å². The van der Waals surface area contributed by atoms with Crippen molar-refractivity contribution in [3.63, 3.8) is 0 Å². The Kier molecular flexibility index (Phi) is 7.83. The van der Waals surface area contributed by atoms with E-state index in [1.807, 2.05) is 0 Å². The number of anilines is 3. The second-order valence-corrected chi connectivity index (χ2v) is 7.70. The largest absolute Gasteiger partial charge is 0.493 e. The standard InChI is InChI=1S/C22H18F6N6O4/c1-11-5-6-14(8-15(11)21(23,24)25)32-20(37)31-13-4-2-3-12(7-13)9-30-16-10-34(33-17(16)18(29)35)38-19(36)22(26,27)28/h2-8,10,30H,9H2,1H3,(H2,29,35)(H2,31,32,37). The fourth-order valence-electron chi connectivity index (χ4n) is 3.10. The van der Waals surface area contributed by atoms with Crippen LogP contribution in [-0.2, 0) is 17.5 Å². The van der Waals surface area contributed by atoms with Crippen LogP contribution in [0.3, 0.4) is 0 Å². The number of benzene rings is 2. The van der Waals surface area contributed by atoms with Gasteiger partial charge in [0.25, 0.3) is 5.91 Å². The van der Waals surface area contributed by atoms with Crippen molar-refractivity contribution >= 4 is 35.0 Å². The number of hydrogen-bond acceptors (Lipinski definition) is 6. The summed E-state index contributed by atoms with van der Waals surface area (Å²) in [6, 6.07) is 8.59. The van der Waals surface area contributed by atoms with Crippen molar-refractivity contribution < 1.29 is 45.6 Å². The summed E-state index contributed by atoms with van der Waals surface area (Å²) in [7, 11) is 0. The normalized spacial score (nSPS) is 11.6. The fraction of sp³-hybridized carbons (Fsp3) is 0.182. The Balaban J connectivity index is 1.67. The maximum absolute atomic E-state index is 13.1. The van der Waals surface area contributed by atoms with Crippen LogP contribution < -0.4 is 26.5 Å². The molecule has 3 aromatic rings. The molecule has 0 radical (unpaired) electrons. The Bertz CT molecular complexity index is 1370. The van der Waals surface area contributed by atoms with Crippen molar-refractivity contribution in [1.29, 1.82) is 0 Å². The first-order valence-corrected chi connectivity index (χ1v) is 10.4. The molecule has 0 atom stereocenters. The number of nitrogens with zero attached hydrogens (tertiary/aromatic N) is 2. The molecule has 0 spiro atoms.